The minimum atomic E-state index is -0.847. The third kappa shape index (κ3) is 5.31. The lowest BCUT2D eigenvalue weighted by atomic mass is 10.00. The maximum absolute atomic E-state index is 12.2. The highest BCUT2D eigenvalue weighted by atomic mass is 16.6. The van der Waals surface area contributed by atoms with E-state index in [1.807, 2.05) is 30.3 Å². The molecule has 1 aromatic carbocycles. The monoisotopic (exact) mass is 305 g/mol. The Kier molecular flexibility index (Phi) is 6.28. The fraction of sp³-hybridized carbons (Fsp3) is 0.471. The number of hydrogen-bond acceptors (Lipinski definition) is 4. The van der Waals surface area contributed by atoms with Crippen LogP contribution in [0.1, 0.15) is 39.7 Å². The van der Waals surface area contributed by atoms with Crippen LogP contribution >= 0.6 is 0 Å². The predicted octanol–water partition coefficient (Wildman–Crippen LogP) is 2.97. The topological polar surface area (TPSA) is 63.7 Å². The van der Waals surface area contributed by atoms with Crippen molar-refractivity contribution in [2.75, 3.05) is 0 Å². The lowest BCUT2D eigenvalue weighted by molar-refractivity contribution is -0.130. The highest BCUT2D eigenvalue weighted by molar-refractivity contribution is 5.92. The quantitative estimate of drug-likeness (QED) is 0.758. The average molecular weight is 305 g/mol. The van der Waals surface area contributed by atoms with Gasteiger partial charge in [0.25, 0.3) is 0 Å². The van der Waals surface area contributed by atoms with E-state index in [1.165, 1.54) is 0 Å². The lowest BCUT2D eigenvalue weighted by Crippen LogP contribution is -2.47. The van der Waals surface area contributed by atoms with E-state index in [0.29, 0.717) is 6.41 Å². The molecule has 0 fully saturated rings. The van der Waals surface area contributed by atoms with Crippen molar-refractivity contribution in [2.24, 2.45) is 0 Å². The lowest BCUT2D eigenvalue weighted by Gasteiger charge is -2.28. The van der Waals surface area contributed by atoms with Crippen molar-refractivity contribution in [1.29, 1.82) is 0 Å². The molecule has 0 saturated heterocycles. The van der Waals surface area contributed by atoms with Gasteiger partial charge in [0.05, 0.1) is 0 Å². The SMILES string of the molecule is CCC(=O)C(Cc1ccccc1)N(C=O)C(=O)OC(C)(C)C. The zero-order valence-electron chi connectivity index (χ0n) is 13.5. The third-order valence-electron chi connectivity index (χ3n) is 3.05. The second-order valence-corrected chi connectivity index (χ2v) is 6.02. The van der Waals surface area contributed by atoms with Crippen LogP contribution in [0.2, 0.25) is 0 Å². The Bertz CT molecular complexity index is 519. The number of nitrogens with zero attached hydrogens (tertiary/aromatic N) is 1. The normalized spacial score (nSPS) is 12.4. The van der Waals surface area contributed by atoms with Crippen molar-refractivity contribution in [3.05, 3.63) is 35.9 Å². The maximum atomic E-state index is 12.2. The molecular formula is C17H23NO4. The summed E-state index contributed by atoms with van der Waals surface area (Å²) in [5.41, 5.74) is 0.148. The minimum absolute atomic E-state index is 0.179. The molecule has 120 valence electrons. The molecule has 0 radical (unpaired) electrons. The van der Waals surface area contributed by atoms with E-state index < -0.39 is 17.7 Å². The first-order valence-corrected chi connectivity index (χ1v) is 7.31. The number of Topliss-reactive ketones (excluding diaryl/α,β-unsaturated/α-hetero) is 1. The molecule has 1 atom stereocenters. The fourth-order valence-corrected chi connectivity index (χ4v) is 2.00. The average Bonchev–Trinajstić information content (AvgIpc) is 2.45. The summed E-state index contributed by atoms with van der Waals surface area (Å²) in [6.07, 6.45) is 0.0935. The summed E-state index contributed by atoms with van der Waals surface area (Å²) in [4.78, 5) is 36.5. The smallest absolute Gasteiger partial charge is 0.417 e. The predicted molar refractivity (Wildman–Crippen MR) is 83.4 cm³/mol. The summed E-state index contributed by atoms with van der Waals surface area (Å²) in [6, 6.07) is 8.43. The first-order valence-electron chi connectivity index (χ1n) is 7.31. The van der Waals surface area contributed by atoms with E-state index in [1.54, 1.807) is 27.7 Å². The Morgan fingerprint density at radius 2 is 1.82 bits per heavy atom. The molecule has 0 aliphatic heterocycles. The van der Waals surface area contributed by atoms with Gasteiger partial charge < -0.3 is 4.74 Å². The van der Waals surface area contributed by atoms with Gasteiger partial charge in [-0.1, -0.05) is 37.3 Å². The Morgan fingerprint density at radius 1 is 1.23 bits per heavy atom. The number of carbonyl (C=O) groups is 3. The van der Waals surface area contributed by atoms with Crippen LogP contribution < -0.4 is 0 Å². The molecule has 0 N–H and O–H groups in total. The maximum Gasteiger partial charge on any atom is 0.417 e. The van der Waals surface area contributed by atoms with E-state index in [4.69, 9.17) is 4.74 Å². The number of hydrogen-bond donors (Lipinski definition) is 0. The second-order valence-electron chi connectivity index (χ2n) is 6.02. The molecule has 5 heteroatoms. The van der Waals surface area contributed by atoms with Gasteiger partial charge in [-0.2, -0.15) is 0 Å². The van der Waals surface area contributed by atoms with E-state index in [0.717, 1.165) is 10.5 Å². The van der Waals surface area contributed by atoms with E-state index in [2.05, 4.69) is 0 Å². The van der Waals surface area contributed by atoms with Crippen LogP contribution in [0.15, 0.2) is 30.3 Å². The summed E-state index contributed by atoms with van der Waals surface area (Å²) in [6.45, 7) is 6.84. The molecule has 2 amide bonds. The van der Waals surface area contributed by atoms with Gasteiger partial charge in [0.2, 0.25) is 6.41 Å². The van der Waals surface area contributed by atoms with Crippen LogP contribution in [0.25, 0.3) is 0 Å². The summed E-state index contributed by atoms with van der Waals surface area (Å²) >= 11 is 0. The molecule has 0 aliphatic rings. The molecule has 0 spiro atoms. The van der Waals surface area contributed by atoms with Crippen molar-refractivity contribution in [1.82, 2.24) is 4.90 Å². The zero-order chi connectivity index (χ0) is 16.8. The van der Waals surface area contributed by atoms with Gasteiger partial charge in [-0.25, -0.2) is 9.69 Å². The van der Waals surface area contributed by atoms with Gasteiger partial charge in [-0.3, -0.25) is 9.59 Å². The van der Waals surface area contributed by atoms with Crippen molar-refractivity contribution >= 4 is 18.3 Å². The van der Waals surface area contributed by atoms with Gasteiger partial charge in [0, 0.05) is 12.8 Å². The zero-order valence-corrected chi connectivity index (χ0v) is 13.5. The molecule has 1 aromatic rings. The molecule has 0 bridgehead atoms. The molecular weight excluding hydrogens is 282 g/mol. The largest absolute Gasteiger partial charge is 0.443 e. The van der Waals surface area contributed by atoms with Crippen LogP contribution in [-0.4, -0.2) is 34.8 Å². The Balaban J connectivity index is 3.00. The number of amides is 2. The van der Waals surface area contributed by atoms with Crippen LogP contribution in [0, 0.1) is 0 Å². The molecule has 0 saturated carbocycles. The van der Waals surface area contributed by atoms with Crippen molar-refractivity contribution < 1.29 is 19.1 Å². The number of benzene rings is 1. The summed E-state index contributed by atoms with van der Waals surface area (Å²) in [5.74, 6) is -0.179. The first-order chi connectivity index (χ1) is 10.3. The number of rotatable bonds is 6. The molecule has 5 nitrogen and oxygen atoms in total. The highest BCUT2D eigenvalue weighted by Gasteiger charge is 2.32. The summed E-state index contributed by atoms with van der Waals surface area (Å²) < 4.78 is 5.21. The van der Waals surface area contributed by atoms with Crippen molar-refractivity contribution in [2.45, 2.75) is 52.2 Å². The second kappa shape index (κ2) is 7.73. The fourth-order valence-electron chi connectivity index (χ4n) is 2.00. The van der Waals surface area contributed by atoms with Gasteiger partial charge in [-0.15, -0.1) is 0 Å². The molecule has 1 unspecified atom stereocenters. The van der Waals surface area contributed by atoms with Gasteiger partial charge in [0.15, 0.2) is 5.78 Å². The molecule has 1 rings (SSSR count). The number of ether oxygens (including phenoxy) is 1. The number of imide groups is 1. The van der Waals surface area contributed by atoms with Gasteiger partial charge in [-0.05, 0) is 26.3 Å². The van der Waals surface area contributed by atoms with Crippen LogP contribution in [0.4, 0.5) is 4.79 Å². The van der Waals surface area contributed by atoms with Gasteiger partial charge >= 0.3 is 6.09 Å². The van der Waals surface area contributed by atoms with Crippen LogP contribution in [0.5, 0.6) is 0 Å². The summed E-state index contributed by atoms with van der Waals surface area (Å²) in [5, 5.41) is 0. The van der Waals surface area contributed by atoms with Crippen LogP contribution in [0.3, 0.4) is 0 Å². The van der Waals surface area contributed by atoms with E-state index in [-0.39, 0.29) is 18.6 Å². The molecule has 0 aromatic heterocycles. The van der Waals surface area contributed by atoms with Crippen LogP contribution in [-0.2, 0) is 20.7 Å². The minimum Gasteiger partial charge on any atom is -0.443 e. The number of ketones is 1. The standard InChI is InChI=1S/C17H23NO4/c1-5-15(20)14(11-13-9-7-6-8-10-13)18(12-19)16(21)22-17(2,3)4/h6-10,12,14H,5,11H2,1-4H3. The molecule has 22 heavy (non-hydrogen) atoms. The third-order valence-corrected chi connectivity index (χ3v) is 3.05. The van der Waals surface area contributed by atoms with Gasteiger partial charge in [0.1, 0.15) is 11.6 Å². The molecule has 0 aliphatic carbocycles. The Hall–Kier alpha value is -2.17. The van der Waals surface area contributed by atoms with E-state index in [9.17, 15) is 14.4 Å². The Morgan fingerprint density at radius 3 is 2.27 bits per heavy atom. The summed E-state index contributed by atoms with van der Waals surface area (Å²) in [7, 11) is 0. The molecule has 0 heterocycles. The Labute approximate surface area is 131 Å². The van der Waals surface area contributed by atoms with Crippen molar-refractivity contribution in [3.8, 4) is 0 Å². The highest BCUT2D eigenvalue weighted by Crippen LogP contribution is 2.15. The van der Waals surface area contributed by atoms with Crippen molar-refractivity contribution in [3.63, 3.8) is 0 Å². The number of carbonyl (C=O) groups excluding carboxylic acids is 3. The van der Waals surface area contributed by atoms with E-state index >= 15 is 0 Å². The first kappa shape index (κ1) is 17.9.